The Bertz CT molecular complexity index is 659. The number of nitrogens with one attached hydrogen (secondary N) is 1. The van der Waals surface area contributed by atoms with Crippen molar-refractivity contribution in [2.24, 2.45) is 0 Å². The van der Waals surface area contributed by atoms with E-state index in [-0.39, 0.29) is 18.6 Å². The van der Waals surface area contributed by atoms with Gasteiger partial charge in [-0.05, 0) is 18.2 Å². The zero-order valence-corrected chi connectivity index (χ0v) is 11.4. The van der Waals surface area contributed by atoms with Crippen molar-refractivity contribution in [3.05, 3.63) is 29.6 Å². The molecule has 0 bridgehead atoms. The first-order valence-corrected chi connectivity index (χ1v) is 7.10. The van der Waals surface area contributed by atoms with Gasteiger partial charge < -0.3 is 5.11 Å². The summed E-state index contributed by atoms with van der Waals surface area (Å²) in [6, 6.07) is 2.43. The molecule has 116 valence electrons. The zero-order chi connectivity index (χ0) is 16.1. The lowest BCUT2D eigenvalue weighted by atomic mass is 10.2. The summed E-state index contributed by atoms with van der Waals surface area (Å²) in [6.45, 7) is -2.02. The Balaban J connectivity index is 3.14. The lowest BCUT2D eigenvalue weighted by Gasteiger charge is -2.10. The number of aliphatic hydroxyl groups excluding tert-OH is 1. The van der Waals surface area contributed by atoms with Crippen LogP contribution in [0, 0.1) is 17.7 Å². The minimum atomic E-state index is -4.71. The van der Waals surface area contributed by atoms with Crippen LogP contribution in [0.25, 0.3) is 0 Å². The van der Waals surface area contributed by atoms with E-state index in [0.717, 1.165) is 18.2 Å². The second-order valence-corrected chi connectivity index (χ2v) is 5.59. The van der Waals surface area contributed by atoms with Gasteiger partial charge in [-0.2, -0.15) is 13.2 Å². The monoisotopic (exact) mass is 325 g/mol. The Morgan fingerprint density at radius 3 is 2.52 bits per heavy atom. The van der Waals surface area contributed by atoms with Crippen molar-refractivity contribution >= 4 is 10.0 Å². The lowest BCUT2D eigenvalue weighted by molar-refractivity contribution is -0.121. The first-order valence-electron chi connectivity index (χ1n) is 5.61. The predicted octanol–water partition coefficient (Wildman–Crippen LogP) is 1.40. The second kappa shape index (κ2) is 6.89. The van der Waals surface area contributed by atoms with E-state index >= 15 is 0 Å². The molecular formula is C12H11F4NO3S. The van der Waals surface area contributed by atoms with E-state index in [4.69, 9.17) is 5.11 Å². The Morgan fingerprint density at radius 1 is 1.29 bits per heavy atom. The van der Waals surface area contributed by atoms with Crippen LogP contribution in [-0.4, -0.2) is 32.9 Å². The lowest BCUT2D eigenvalue weighted by Crippen LogP contribution is -2.34. The normalized spacial score (nSPS) is 11.9. The van der Waals surface area contributed by atoms with Crippen molar-refractivity contribution in [1.82, 2.24) is 4.72 Å². The van der Waals surface area contributed by atoms with Crippen molar-refractivity contribution < 1.29 is 31.1 Å². The molecule has 0 saturated heterocycles. The fraction of sp³-hybridized carbons (Fsp3) is 0.333. The van der Waals surface area contributed by atoms with Gasteiger partial charge in [0.15, 0.2) is 0 Å². The highest BCUT2D eigenvalue weighted by molar-refractivity contribution is 7.89. The Hall–Kier alpha value is -1.63. The number of hydrogen-bond acceptors (Lipinski definition) is 3. The molecule has 0 aliphatic rings. The maximum absolute atomic E-state index is 13.1. The van der Waals surface area contributed by atoms with Gasteiger partial charge in [0.2, 0.25) is 10.0 Å². The summed E-state index contributed by atoms with van der Waals surface area (Å²) in [6.07, 6.45) is -4.69. The number of aliphatic hydroxyl groups is 1. The van der Waals surface area contributed by atoms with Crippen molar-refractivity contribution in [3.8, 4) is 11.8 Å². The molecule has 0 amide bonds. The van der Waals surface area contributed by atoms with Gasteiger partial charge >= 0.3 is 6.18 Å². The molecule has 0 unspecified atom stereocenters. The average molecular weight is 325 g/mol. The highest BCUT2D eigenvalue weighted by atomic mass is 32.2. The molecule has 1 rings (SSSR count). The van der Waals surface area contributed by atoms with Crippen LogP contribution >= 0.6 is 0 Å². The number of sulfonamides is 1. The van der Waals surface area contributed by atoms with E-state index in [1.807, 2.05) is 0 Å². The summed E-state index contributed by atoms with van der Waals surface area (Å²) >= 11 is 0. The summed E-state index contributed by atoms with van der Waals surface area (Å²) in [5, 5.41) is 8.57. The topological polar surface area (TPSA) is 66.4 Å². The molecule has 1 aromatic carbocycles. The maximum atomic E-state index is 13.1. The van der Waals surface area contributed by atoms with E-state index in [9.17, 15) is 26.0 Å². The highest BCUT2D eigenvalue weighted by Crippen LogP contribution is 2.18. The third-order valence-electron chi connectivity index (χ3n) is 2.15. The van der Waals surface area contributed by atoms with Crippen LogP contribution in [0.15, 0.2) is 23.1 Å². The summed E-state index contributed by atoms with van der Waals surface area (Å²) < 4.78 is 74.3. The van der Waals surface area contributed by atoms with Gasteiger partial charge in [0.25, 0.3) is 0 Å². The summed E-state index contributed by atoms with van der Waals surface area (Å²) in [7, 11) is -4.48. The van der Waals surface area contributed by atoms with E-state index in [2.05, 4.69) is 11.8 Å². The average Bonchev–Trinajstić information content (AvgIpc) is 2.36. The third kappa shape index (κ3) is 5.71. The van der Waals surface area contributed by atoms with E-state index < -0.39 is 33.5 Å². The molecule has 0 saturated carbocycles. The Labute approximate surface area is 118 Å². The molecule has 4 nitrogen and oxygen atoms in total. The van der Waals surface area contributed by atoms with Crippen molar-refractivity contribution in [1.29, 1.82) is 0 Å². The number of benzene rings is 1. The largest absolute Gasteiger partial charge is 0.402 e. The standard InChI is InChI=1S/C12H11F4NO3S/c13-10-4-5-11(9(7-10)3-1-2-6-18)21(19,20)17-8-12(14,15)16/h4-5,7,17-18H,2,6,8H2. The van der Waals surface area contributed by atoms with Crippen LogP contribution in [0.4, 0.5) is 17.6 Å². The smallest absolute Gasteiger partial charge is 0.395 e. The predicted molar refractivity (Wildman–Crippen MR) is 66.2 cm³/mol. The number of alkyl halides is 3. The van der Waals surface area contributed by atoms with Crippen LogP contribution in [0.2, 0.25) is 0 Å². The van der Waals surface area contributed by atoms with Crippen LogP contribution in [0.5, 0.6) is 0 Å². The zero-order valence-electron chi connectivity index (χ0n) is 10.5. The molecule has 2 N–H and O–H groups in total. The van der Waals surface area contributed by atoms with Crippen molar-refractivity contribution in [2.75, 3.05) is 13.2 Å². The molecule has 0 aliphatic carbocycles. The van der Waals surface area contributed by atoms with Gasteiger partial charge in [0.1, 0.15) is 12.4 Å². The number of halogens is 4. The molecule has 1 aromatic rings. The summed E-state index contributed by atoms with van der Waals surface area (Å²) in [4.78, 5) is -0.557. The van der Waals surface area contributed by atoms with Crippen molar-refractivity contribution in [3.63, 3.8) is 0 Å². The van der Waals surface area contributed by atoms with Crippen LogP contribution in [0.1, 0.15) is 12.0 Å². The first kappa shape index (κ1) is 17.4. The molecule has 0 heterocycles. The minimum Gasteiger partial charge on any atom is -0.395 e. The Kier molecular flexibility index (Phi) is 5.71. The van der Waals surface area contributed by atoms with Crippen LogP contribution < -0.4 is 4.72 Å². The van der Waals surface area contributed by atoms with E-state index in [1.54, 1.807) is 0 Å². The highest BCUT2D eigenvalue weighted by Gasteiger charge is 2.30. The second-order valence-electron chi connectivity index (χ2n) is 3.86. The molecular weight excluding hydrogens is 314 g/mol. The number of hydrogen-bond donors (Lipinski definition) is 2. The summed E-state index contributed by atoms with van der Waals surface area (Å²) in [5.41, 5.74) is -0.280. The molecule has 0 aromatic heterocycles. The molecule has 0 radical (unpaired) electrons. The van der Waals surface area contributed by atoms with Gasteiger partial charge in [-0.15, -0.1) is 0 Å². The van der Waals surface area contributed by atoms with Gasteiger partial charge in [0, 0.05) is 12.0 Å². The Morgan fingerprint density at radius 2 is 1.95 bits per heavy atom. The molecule has 0 spiro atoms. The third-order valence-corrected chi connectivity index (χ3v) is 3.61. The molecule has 0 aliphatic heterocycles. The molecule has 0 fully saturated rings. The fourth-order valence-electron chi connectivity index (χ4n) is 1.30. The first-order chi connectivity index (χ1) is 9.65. The number of rotatable bonds is 4. The molecule has 0 atom stereocenters. The van der Waals surface area contributed by atoms with Crippen LogP contribution in [0.3, 0.4) is 0 Å². The van der Waals surface area contributed by atoms with Crippen molar-refractivity contribution in [2.45, 2.75) is 17.5 Å². The molecule has 21 heavy (non-hydrogen) atoms. The summed E-state index contributed by atoms with van der Waals surface area (Å²) in [5.74, 6) is 3.91. The fourth-order valence-corrected chi connectivity index (χ4v) is 2.46. The van der Waals surface area contributed by atoms with E-state index in [0.29, 0.717) is 0 Å². The van der Waals surface area contributed by atoms with Gasteiger partial charge in [-0.25, -0.2) is 17.5 Å². The SMILES string of the molecule is O=S(=O)(NCC(F)(F)F)c1ccc(F)cc1C#CCCO. The van der Waals surface area contributed by atoms with E-state index in [1.165, 1.54) is 4.72 Å². The minimum absolute atomic E-state index is 0.0198. The van der Waals surface area contributed by atoms with Gasteiger partial charge in [-0.1, -0.05) is 11.8 Å². The van der Waals surface area contributed by atoms with Crippen LogP contribution in [-0.2, 0) is 10.0 Å². The van der Waals surface area contributed by atoms with Gasteiger partial charge in [0.05, 0.1) is 11.5 Å². The van der Waals surface area contributed by atoms with Gasteiger partial charge in [-0.3, -0.25) is 0 Å². The maximum Gasteiger partial charge on any atom is 0.402 e. The quantitative estimate of drug-likeness (QED) is 0.650. The molecule has 9 heteroatoms.